The minimum Gasteiger partial charge on any atom is -0.395 e. The Labute approximate surface area is 156 Å². The second-order valence-electron chi connectivity index (χ2n) is 7.09. The molecule has 2 aliphatic heterocycles. The van der Waals surface area contributed by atoms with Crippen LogP contribution in [0, 0.1) is 0 Å². The van der Waals surface area contributed by atoms with Crippen molar-refractivity contribution in [3.05, 3.63) is 23.9 Å². The average molecular weight is 361 g/mol. The number of likely N-dealkylation sites (tertiary alicyclic amines) is 1. The molecular weight excluding hydrogens is 330 g/mol. The van der Waals surface area contributed by atoms with Gasteiger partial charge in [0.2, 0.25) is 0 Å². The minimum absolute atomic E-state index is 0.0390. The van der Waals surface area contributed by atoms with Gasteiger partial charge in [-0.05, 0) is 38.1 Å². The molecule has 0 saturated carbocycles. The SMILES string of the molecule is O=C(NCCN1CCCCC1)c1cccnc1N1CCN(CCO)CC1. The van der Waals surface area contributed by atoms with Crippen molar-refractivity contribution in [2.75, 3.05) is 70.4 Å². The van der Waals surface area contributed by atoms with Gasteiger partial charge in [0.1, 0.15) is 5.82 Å². The molecule has 0 unspecified atom stereocenters. The Kier molecular flexibility index (Phi) is 7.22. The number of hydrogen-bond acceptors (Lipinski definition) is 6. The van der Waals surface area contributed by atoms with Gasteiger partial charge in [-0.2, -0.15) is 0 Å². The molecule has 1 amide bonds. The van der Waals surface area contributed by atoms with E-state index in [0.29, 0.717) is 18.7 Å². The molecular formula is C19H31N5O2. The van der Waals surface area contributed by atoms with E-state index < -0.39 is 0 Å². The van der Waals surface area contributed by atoms with E-state index in [9.17, 15) is 4.79 Å². The standard InChI is InChI=1S/C19H31N5O2/c25-16-15-23-11-13-24(14-12-23)18-17(5-4-6-20-18)19(26)21-7-10-22-8-2-1-3-9-22/h4-6,25H,1-3,7-16H2,(H,21,26). The summed E-state index contributed by atoms with van der Waals surface area (Å²) in [6, 6.07) is 3.68. The number of pyridine rings is 1. The Balaban J connectivity index is 1.53. The lowest BCUT2D eigenvalue weighted by molar-refractivity contribution is 0.0946. The molecule has 2 saturated heterocycles. The van der Waals surface area contributed by atoms with E-state index in [4.69, 9.17) is 5.11 Å². The fourth-order valence-electron chi connectivity index (χ4n) is 3.76. The lowest BCUT2D eigenvalue weighted by atomic mass is 10.1. The molecule has 0 aliphatic carbocycles. The number of nitrogens with one attached hydrogen (secondary N) is 1. The number of aliphatic hydroxyl groups excluding tert-OH is 1. The summed E-state index contributed by atoms with van der Waals surface area (Å²) >= 11 is 0. The quantitative estimate of drug-likeness (QED) is 0.733. The monoisotopic (exact) mass is 361 g/mol. The first kappa shape index (κ1) is 19.1. The summed E-state index contributed by atoms with van der Waals surface area (Å²) in [7, 11) is 0. The van der Waals surface area contributed by atoms with Gasteiger partial charge in [-0.25, -0.2) is 4.98 Å². The van der Waals surface area contributed by atoms with E-state index in [0.717, 1.165) is 51.6 Å². The Bertz CT molecular complexity index is 569. The van der Waals surface area contributed by atoms with Crippen LogP contribution in [0.15, 0.2) is 18.3 Å². The zero-order valence-electron chi connectivity index (χ0n) is 15.6. The first-order chi connectivity index (χ1) is 12.8. The Hall–Kier alpha value is -1.70. The number of piperidine rings is 1. The predicted octanol–water partition coefficient (Wildman–Crippen LogP) is 0.412. The normalized spacial score (nSPS) is 19.5. The molecule has 0 spiro atoms. The lowest BCUT2D eigenvalue weighted by Crippen LogP contribution is -2.48. The Morgan fingerprint density at radius 3 is 2.50 bits per heavy atom. The van der Waals surface area contributed by atoms with Gasteiger partial charge in [-0.1, -0.05) is 6.42 Å². The van der Waals surface area contributed by atoms with Gasteiger partial charge in [-0.15, -0.1) is 0 Å². The fourth-order valence-corrected chi connectivity index (χ4v) is 3.76. The maximum Gasteiger partial charge on any atom is 0.255 e. The van der Waals surface area contributed by atoms with Gasteiger partial charge in [0.25, 0.3) is 5.91 Å². The molecule has 0 radical (unpaired) electrons. The van der Waals surface area contributed by atoms with Gasteiger partial charge in [0, 0.05) is 52.0 Å². The summed E-state index contributed by atoms with van der Waals surface area (Å²) in [6.45, 7) is 8.20. The predicted molar refractivity (Wildman–Crippen MR) is 103 cm³/mol. The van der Waals surface area contributed by atoms with Crippen molar-refractivity contribution in [2.45, 2.75) is 19.3 Å². The molecule has 1 aromatic heterocycles. The van der Waals surface area contributed by atoms with Crippen LogP contribution >= 0.6 is 0 Å². The number of aliphatic hydroxyl groups is 1. The van der Waals surface area contributed by atoms with Crippen LogP contribution in [0.25, 0.3) is 0 Å². The number of hydrogen-bond donors (Lipinski definition) is 2. The van der Waals surface area contributed by atoms with E-state index in [-0.39, 0.29) is 12.5 Å². The third-order valence-corrected chi connectivity index (χ3v) is 5.28. The van der Waals surface area contributed by atoms with Crippen LogP contribution in [0.5, 0.6) is 0 Å². The van der Waals surface area contributed by atoms with Gasteiger partial charge >= 0.3 is 0 Å². The maximum absolute atomic E-state index is 12.7. The van der Waals surface area contributed by atoms with Gasteiger partial charge in [-0.3, -0.25) is 9.69 Å². The van der Waals surface area contributed by atoms with Gasteiger partial charge < -0.3 is 20.2 Å². The van der Waals surface area contributed by atoms with Crippen LogP contribution in [0.2, 0.25) is 0 Å². The zero-order valence-corrected chi connectivity index (χ0v) is 15.6. The number of anilines is 1. The van der Waals surface area contributed by atoms with Crippen molar-refractivity contribution in [1.29, 1.82) is 0 Å². The fraction of sp³-hybridized carbons (Fsp3) is 0.684. The van der Waals surface area contributed by atoms with Crippen LogP contribution in [0.4, 0.5) is 5.82 Å². The third kappa shape index (κ3) is 5.16. The van der Waals surface area contributed by atoms with E-state index in [1.54, 1.807) is 6.20 Å². The molecule has 2 aliphatic rings. The van der Waals surface area contributed by atoms with E-state index in [1.165, 1.54) is 19.3 Å². The van der Waals surface area contributed by atoms with Crippen molar-refractivity contribution in [3.8, 4) is 0 Å². The number of rotatable bonds is 7. The van der Waals surface area contributed by atoms with Crippen molar-refractivity contribution >= 4 is 11.7 Å². The van der Waals surface area contributed by atoms with Gasteiger partial charge in [0.15, 0.2) is 0 Å². The first-order valence-corrected chi connectivity index (χ1v) is 9.81. The second-order valence-corrected chi connectivity index (χ2v) is 7.09. The number of amides is 1. The summed E-state index contributed by atoms with van der Waals surface area (Å²) in [5.41, 5.74) is 0.654. The molecule has 26 heavy (non-hydrogen) atoms. The Morgan fingerprint density at radius 2 is 1.77 bits per heavy atom. The number of β-amino-alcohol motifs (C(OH)–C–C–N with tert-alkyl or cyclic N) is 1. The van der Waals surface area contributed by atoms with Crippen LogP contribution in [0.1, 0.15) is 29.6 Å². The molecule has 0 atom stereocenters. The van der Waals surface area contributed by atoms with Crippen LogP contribution < -0.4 is 10.2 Å². The third-order valence-electron chi connectivity index (χ3n) is 5.28. The van der Waals surface area contributed by atoms with Crippen LogP contribution in [0.3, 0.4) is 0 Å². The highest BCUT2D eigenvalue weighted by atomic mass is 16.3. The molecule has 7 heteroatoms. The molecule has 144 valence electrons. The summed E-state index contributed by atoms with van der Waals surface area (Å²) in [5.74, 6) is 0.731. The second kappa shape index (κ2) is 9.85. The summed E-state index contributed by atoms with van der Waals surface area (Å²) in [4.78, 5) is 24.0. The van der Waals surface area contributed by atoms with Crippen molar-refractivity contribution < 1.29 is 9.90 Å². The number of carbonyl (C=O) groups excluding carboxylic acids is 1. The lowest BCUT2D eigenvalue weighted by Gasteiger charge is -2.35. The number of carbonyl (C=O) groups is 1. The summed E-state index contributed by atoms with van der Waals surface area (Å²) < 4.78 is 0. The number of nitrogens with zero attached hydrogens (tertiary/aromatic N) is 4. The van der Waals surface area contributed by atoms with Crippen molar-refractivity contribution in [3.63, 3.8) is 0 Å². The average Bonchev–Trinajstić information content (AvgIpc) is 2.70. The highest BCUT2D eigenvalue weighted by Crippen LogP contribution is 2.19. The Morgan fingerprint density at radius 1 is 1.04 bits per heavy atom. The van der Waals surface area contributed by atoms with E-state index in [2.05, 4.69) is 25.0 Å². The van der Waals surface area contributed by atoms with E-state index in [1.807, 2.05) is 12.1 Å². The molecule has 7 nitrogen and oxygen atoms in total. The summed E-state index contributed by atoms with van der Waals surface area (Å²) in [6.07, 6.45) is 5.61. The minimum atomic E-state index is -0.0390. The van der Waals surface area contributed by atoms with Crippen molar-refractivity contribution in [2.24, 2.45) is 0 Å². The highest BCUT2D eigenvalue weighted by Gasteiger charge is 2.22. The van der Waals surface area contributed by atoms with Crippen LogP contribution in [-0.4, -0.2) is 91.3 Å². The molecule has 2 N–H and O–H groups in total. The molecule has 3 heterocycles. The summed E-state index contributed by atoms with van der Waals surface area (Å²) in [5, 5.41) is 12.1. The molecule has 0 bridgehead atoms. The van der Waals surface area contributed by atoms with E-state index >= 15 is 0 Å². The number of piperazine rings is 1. The molecule has 0 aromatic carbocycles. The smallest absolute Gasteiger partial charge is 0.255 e. The first-order valence-electron chi connectivity index (χ1n) is 9.81. The molecule has 2 fully saturated rings. The zero-order chi connectivity index (χ0) is 18.2. The topological polar surface area (TPSA) is 71.9 Å². The maximum atomic E-state index is 12.7. The largest absolute Gasteiger partial charge is 0.395 e. The van der Waals surface area contributed by atoms with Gasteiger partial charge in [0.05, 0.1) is 12.2 Å². The molecule has 3 rings (SSSR count). The van der Waals surface area contributed by atoms with Crippen molar-refractivity contribution in [1.82, 2.24) is 20.1 Å². The molecule has 1 aromatic rings. The van der Waals surface area contributed by atoms with Crippen LogP contribution in [-0.2, 0) is 0 Å². The number of aromatic nitrogens is 1. The highest BCUT2D eigenvalue weighted by molar-refractivity contribution is 5.98.